The van der Waals surface area contributed by atoms with Crippen molar-refractivity contribution in [3.05, 3.63) is 48.0 Å². The molecule has 6 nitrogen and oxygen atoms in total. The second kappa shape index (κ2) is 7.17. The molecule has 6 heteroatoms. The van der Waals surface area contributed by atoms with E-state index in [0.29, 0.717) is 19.5 Å². The molecule has 2 aromatic rings. The SMILES string of the molecule is O=C(C[C@@H]1CCCO1)NCc1ccccc1Cn1cncn1. The van der Waals surface area contributed by atoms with Crippen LogP contribution in [0.5, 0.6) is 0 Å². The van der Waals surface area contributed by atoms with E-state index in [1.165, 1.54) is 6.33 Å². The first-order valence-corrected chi connectivity index (χ1v) is 7.59. The van der Waals surface area contributed by atoms with Gasteiger partial charge in [0, 0.05) is 13.2 Å². The number of amides is 1. The van der Waals surface area contributed by atoms with E-state index in [9.17, 15) is 4.79 Å². The number of hydrogen-bond donors (Lipinski definition) is 1. The summed E-state index contributed by atoms with van der Waals surface area (Å²) in [5.74, 6) is 0.0439. The summed E-state index contributed by atoms with van der Waals surface area (Å²) in [5, 5.41) is 7.10. The van der Waals surface area contributed by atoms with E-state index in [1.807, 2.05) is 24.3 Å². The third kappa shape index (κ3) is 3.92. The molecule has 0 saturated carbocycles. The predicted octanol–water partition coefficient (Wildman–Crippen LogP) is 1.51. The summed E-state index contributed by atoms with van der Waals surface area (Å²) in [6.07, 6.45) is 5.78. The number of carbonyl (C=O) groups excluding carboxylic acids is 1. The highest BCUT2D eigenvalue weighted by atomic mass is 16.5. The second-order valence-electron chi connectivity index (χ2n) is 5.48. The Labute approximate surface area is 129 Å². The molecule has 1 atom stereocenters. The van der Waals surface area contributed by atoms with Crippen molar-refractivity contribution in [1.29, 1.82) is 0 Å². The molecule has 0 unspecified atom stereocenters. The van der Waals surface area contributed by atoms with Gasteiger partial charge in [0.1, 0.15) is 12.7 Å². The lowest BCUT2D eigenvalue weighted by atomic mass is 10.1. The van der Waals surface area contributed by atoms with Crippen LogP contribution in [0.25, 0.3) is 0 Å². The summed E-state index contributed by atoms with van der Waals surface area (Å²) in [4.78, 5) is 15.9. The van der Waals surface area contributed by atoms with Gasteiger partial charge in [0.15, 0.2) is 0 Å². The van der Waals surface area contributed by atoms with Crippen LogP contribution in [0.3, 0.4) is 0 Å². The van der Waals surface area contributed by atoms with Crippen molar-refractivity contribution in [2.24, 2.45) is 0 Å². The maximum atomic E-state index is 12.0. The lowest BCUT2D eigenvalue weighted by Crippen LogP contribution is -2.27. The number of rotatable bonds is 6. The third-order valence-corrected chi connectivity index (χ3v) is 3.83. The molecule has 1 N–H and O–H groups in total. The fourth-order valence-corrected chi connectivity index (χ4v) is 2.65. The van der Waals surface area contributed by atoms with Gasteiger partial charge in [0.25, 0.3) is 0 Å². The largest absolute Gasteiger partial charge is 0.378 e. The smallest absolute Gasteiger partial charge is 0.222 e. The van der Waals surface area contributed by atoms with Crippen molar-refractivity contribution in [3.63, 3.8) is 0 Å². The van der Waals surface area contributed by atoms with E-state index in [-0.39, 0.29) is 12.0 Å². The third-order valence-electron chi connectivity index (χ3n) is 3.83. The highest BCUT2D eigenvalue weighted by Gasteiger charge is 2.18. The van der Waals surface area contributed by atoms with Crippen LogP contribution >= 0.6 is 0 Å². The molecule has 1 aromatic heterocycles. The predicted molar refractivity (Wildman–Crippen MR) is 81.0 cm³/mol. The molecule has 1 amide bonds. The van der Waals surface area contributed by atoms with Crippen molar-refractivity contribution >= 4 is 5.91 Å². The first-order valence-electron chi connectivity index (χ1n) is 7.59. The Hall–Kier alpha value is -2.21. The number of hydrogen-bond acceptors (Lipinski definition) is 4. The fraction of sp³-hybridized carbons (Fsp3) is 0.438. The number of ether oxygens (including phenoxy) is 1. The molecule has 1 aliphatic heterocycles. The maximum absolute atomic E-state index is 12.0. The lowest BCUT2D eigenvalue weighted by Gasteiger charge is -2.12. The Morgan fingerprint density at radius 3 is 2.95 bits per heavy atom. The minimum atomic E-state index is 0.0439. The van der Waals surface area contributed by atoms with Gasteiger partial charge in [-0.05, 0) is 24.0 Å². The van der Waals surface area contributed by atoms with Crippen molar-refractivity contribution in [1.82, 2.24) is 20.1 Å². The average molecular weight is 300 g/mol. The van der Waals surface area contributed by atoms with Gasteiger partial charge < -0.3 is 10.1 Å². The summed E-state index contributed by atoms with van der Waals surface area (Å²) in [6, 6.07) is 8.04. The highest BCUT2D eigenvalue weighted by molar-refractivity contribution is 5.76. The van der Waals surface area contributed by atoms with Gasteiger partial charge in [-0.1, -0.05) is 24.3 Å². The fourth-order valence-electron chi connectivity index (χ4n) is 2.65. The average Bonchev–Trinajstić information content (AvgIpc) is 3.20. The molecule has 0 spiro atoms. The van der Waals surface area contributed by atoms with Gasteiger partial charge in [-0.2, -0.15) is 5.10 Å². The Morgan fingerprint density at radius 2 is 2.23 bits per heavy atom. The maximum Gasteiger partial charge on any atom is 0.222 e. The van der Waals surface area contributed by atoms with Crippen molar-refractivity contribution in [2.75, 3.05) is 6.61 Å². The number of nitrogens with one attached hydrogen (secondary N) is 1. The molecule has 0 aliphatic carbocycles. The van der Waals surface area contributed by atoms with Gasteiger partial charge in [-0.15, -0.1) is 0 Å². The second-order valence-corrected chi connectivity index (χ2v) is 5.48. The number of aromatic nitrogens is 3. The van der Waals surface area contributed by atoms with Crippen molar-refractivity contribution < 1.29 is 9.53 Å². The Balaban J connectivity index is 1.56. The molecule has 1 fully saturated rings. The standard InChI is InChI=1S/C16H20N4O2/c21-16(8-15-6-3-7-22-15)18-9-13-4-1-2-5-14(13)10-20-12-17-11-19-20/h1-2,4-5,11-12,15H,3,6-10H2,(H,18,21)/t15-/m0/s1. The number of carbonyl (C=O) groups is 1. The normalized spacial score (nSPS) is 17.5. The minimum Gasteiger partial charge on any atom is -0.378 e. The molecule has 0 radical (unpaired) electrons. The van der Waals surface area contributed by atoms with Crippen molar-refractivity contribution in [2.45, 2.75) is 38.5 Å². The monoisotopic (exact) mass is 300 g/mol. The van der Waals surface area contributed by atoms with E-state index in [4.69, 9.17) is 4.74 Å². The van der Waals surface area contributed by atoms with Crippen LogP contribution < -0.4 is 5.32 Å². The molecule has 0 bridgehead atoms. The van der Waals surface area contributed by atoms with Gasteiger partial charge in [-0.25, -0.2) is 9.67 Å². The van der Waals surface area contributed by atoms with Crippen LogP contribution in [0.1, 0.15) is 30.4 Å². The summed E-state index contributed by atoms with van der Waals surface area (Å²) in [6.45, 7) is 1.95. The van der Waals surface area contributed by atoms with Crippen LogP contribution in [0.15, 0.2) is 36.9 Å². The Bertz CT molecular complexity index is 606. The summed E-state index contributed by atoms with van der Waals surface area (Å²) < 4.78 is 7.26. The number of nitrogens with zero attached hydrogens (tertiary/aromatic N) is 3. The molecule has 1 saturated heterocycles. The van der Waals surface area contributed by atoms with E-state index in [0.717, 1.165) is 30.6 Å². The van der Waals surface area contributed by atoms with Gasteiger partial charge in [0.05, 0.1) is 19.1 Å². The number of benzene rings is 1. The molecule has 2 heterocycles. The Morgan fingerprint density at radius 1 is 1.36 bits per heavy atom. The van der Waals surface area contributed by atoms with Gasteiger partial charge >= 0.3 is 0 Å². The summed E-state index contributed by atoms with van der Waals surface area (Å²) in [7, 11) is 0. The van der Waals surface area contributed by atoms with Gasteiger partial charge in [0.2, 0.25) is 5.91 Å². The minimum absolute atomic E-state index is 0.0439. The quantitative estimate of drug-likeness (QED) is 0.878. The molecule has 116 valence electrons. The first-order chi connectivity index (χ1) is 10.8. The van der Waals surface area contributed by atoms with Crippen LogP contribution in [-0.2, 0) is 22.6 Å². The summed E-state index contributed by atoms with van der Waals surface area (Å²) in [5.41, 5.74) is 2.23. The molecule has 1 aromatic carbocycles. The summed E-state index contributed by atoms with van der Waals surface area (Å²) >= 11 is 0. The van der Waals surface area contributed by atoms with Gasteiger partial charge in [-0.3, -0.25) is 4.79 Å². The topological polar surface area (TPSA) is 69.0 Å². The zero-order valence-electron chi connectivity index (χ0n) is 12.4. The molecule has 22 heavy (non-hydrogen) atoms. The zero-order chi connectivity index (χ0) is 15.2. The van der Waals surface area contributed by atoms with E-state index < -0.39 is 0 Å². The van der Waals surface area contributed by atoms with E-state index in [1.54, 1.807) is 11.0 Å². The van der Waals surface area contributed by atoms with Crippen LogP contribution in [-0.4, -0.2) is 33.4 Å². The zero-order valence-corrected chi connectivity index (χ0v) is 12.4. The first kappa shape index (κ1) is 14.7. The van der Waals surface area contributed by atoms with E-state index in [2.05, 4.69) is 15.4 Å². The Kier molecular flexibility index (Phi) is 4.80. The van der Waals surface area contributed by atoms with Crippen LogP contribution in [0.4, 0.5) is 0 Å². The van der Waals surface area contributed by atoms with Crippen LogP contribution in [0.2, 0.25) is 0 Å². The molecular formula is C16H20N4O2. The van der Waals surface area contributed by atoms with E-state index >= 15 is 0 Å². The van der Waals surface area contributed by atoms with Crippen molar-refractivity contribution in [3.8, 4) is 0 Å². The highest BCUT2D eigenvalue weighted by Crippen LogP contribution is 2.15. The van der Waals surface area contributed by atoms with Crippen LogP contribution in [0, 0.1) is 0 Å². The molecule has 3 rings (SSSR count). The lowest BCUT2D eigenvalue weighted by molar-refractivity contribution is -0.123. The molecular weight excluding hydrogens is 280 g/mol. The molecule has 1 aliphatic rings.